The highest BCUT2D eigenvalue weighted by atomic mass is 35.5. The van der Waals surface area contributed by atoms with Crippen molar-refractivity contribution in [1.82, 2.24) is 19.6 Å². The third-order valence-corrected chi connectivity index (χ3v) is 6.62. The van der Waals surface area contributed by atoms with Crippen molar-refractivity contribution < 1.29 is 45.0 Å². The molecule has 0 aliphatic heterocycles. The summed E-state index contributed by atoms with van der Waals surface area (Å²) in [6.07, 6.45) is -8.62. The fourth-order valence-corrected chi connectivity index (χ4v) is 4.04. The second-order valence-electron chi connectivity index (χ2n) is 9.09. The van der Waals surface area contributed by atoms with E-state index in [1.165, 1.54) is 0 Å². The molecule has 0 amide bonds. The summed E-state index contributed by atoms with van der Waals surface area (Å²) >= 11 is 16.9. The van der Waals surface area contributed by atoms with Crippen molar-refractivity contribution in [3.05, 3.63) is 113 Å². The van der Waals surface area contributed by atoms with E-state index in [4.69, 9.17) is 39.5 Å². The molecule has 246 valence electrons. The lowest BCUT2D eigenvalue weighted by atomic mass is 10.2. The number of ether oxygens (including phenoxy) is 1. The van der Waals surface area contributed by atoms with Gasteiger partial charge < -0.3 is 9.84 Å². The molecule has 0 saturated carbocycles. The van der Waals surface area contributed by atoms with Crippen LogP contribution >= 0.6 is 34.8 Å². The predicted molar refractivity (Wildman–Crippen MR) is 151 cm³/mol. The summed E-state index contributed by atoms with van der Waals surface area (Å²) in [5.41, 5.74) is -6.84. The molecule has 2 heterocycles. The van der Waals surface area contributed by atoms with Gasteiger partial charge in [-0.2, -0.15) is 45.9 Å². The molecular formula is C27H17Cl3F8N4O4. The Hall–Kier alpha value is -4.15. The number of halogens is 11. The molecule has 1 N–H and O–H groups in total. The summed E-state index contributed by atoms with van der Waals surface area (Å²) in [6.45, 7) is 5.20. The number of alkyl halides is 6. The molecule has 8 nitrogen and oxygen atoms in total. The van der Waals surface area contributed by atoms with E-state index in [0.29, 0.717) is 21.8 Å². The zero-order valence-electron chi connectivity index (χ0n) is 23.0. The fraction of sp³-hybridized carbons (Fsp3) is 0.185. The zero-order chi connectivity index (χ0) is 34.9. The van der Waals surface area contributed by atoms with Gasteiger partial charge in [0, 0.05) is 28.3 Å². The normalized spacial score (nSPS) is 11.6. The Bertz CT molecular complexity index is 1940. The van der Waals surface area contributed by atoms with Crippen molar-refractivity contribution in [1.29, 1.82) is 0 Å². The third-order valence-electron chi connectivity index (χ3n) is 5.91. The Kier molecular flexibility index (Phi) is 10.8. The molecule has 0 fully saturated rings. The van der Waals surface area contributed by atoms with E-state index in [2.05, 4.69) is 16.8 Å². The number of phenols is 1. The largest absolute Gasteiger partial charge is 0.506 e. The molecule has 19 heteroatoms. The van der Waals surface area contributed by atoms with E-state index in [9.17, 15) is 49.8 Å². The first-order valence-corrected chi connectivity index (χ1v) is 13.2. The Morgan fingerprint density at radius 3 is 1.65 bits per heavy atom. The quantitative estimate of drug-likeness (QED) is 0.214. The maximum absolute atomic E-state index is 14.2. The van der Waals surface area contributed by atoms with Crippen molar-refractivity contribution in [3.63, 3.8) is 0 Å². The van der Waals surface area contributed by atoms with Gasteiger partial charge in [-0.05, 0) is 26.0 Å². The maximum atomic E-state index is 14.2. The molecule has 46 heavy (non-hydrogen) atoms. The molecule has 2 aromatic carbocycles. The summed E-state index contributed by atoms with van der Waals surface area (Å²) < 4.78 is 110. The molecule has 0 bridgehead atoms. The second kappa shape index (κ2) is 13.7. The highest BCUT2D eigenvalue weighted by Gasteiger charge is 2.35. The third kappa shape index (κ3) is 7.97. The van der Waals surface area contributed by atoms with Crippen molar-refractivity contribution in [2.45, 2.75) is 26.2 Å². The summed E-state index contributed by atoms with van der Waals surface area (Å²) in [4.78, 5) is 24.1. The topological polar surface area (TPSA) is 99.2 Å². The van der Waals surface area contributed by atoms with Crippen LogP contribution in [0.15, 0.2) is 57.9 Å². The Morgan fingerprint density at radius 1 is 0.826 bits per heavy atom. The van der Waals surface area contributed by atoms with Crippen molar-refractivity contribution in [2.75, 3.05) is 6.61 Å². The van der Waals surface area contributed by atoms with Gasteiger partial charge >= 0.3 is 12.4 Å². The number of rotatable bonds is 5. The molecule has 4 rings (SSSR count). The first kappa shape index (κ1) is 36.3. The first-order valence-electron chi connectivity index (χ1n) is 12.1. The van der Waals surface area contributed by atoms with Crippen LogP contribution in [0.3, 0.4) is 0 Å². The Morgan fingerprint density at radius 2 is 1.24 bits per heavy atom. The second-order valence-corrected chi connectivity index (χ2v) is 10.4. The summed E-state index contributed by atoms with van der Waals surface area (Å²) in [6, 6.07) is 3.43. The minimum absolute atomic E-state index is 0.0360. The standard InChI is InChI=1S/C15H10Cl2F4N2O2.C12H7ClF4N2O2/c1-7(16)6-25-13-4-12(11(18)3-10(13)17)23-14(24)8(2)9(5-22-23)15(19,20)21;1-5-6(12(15,16)17)4-18-19(11(5)21)9-3-10(20)7(13)2-8(9)14/h3-5H,1,6H2,2H3;2-4,20H,1H3. The van der Waals surface area contributed by atoms with Gasteiger partial charge in [-0.25, -0.2) is 8.78 Å². The fourth-order valence-electron chi connectivity index (χ4n) is 3.63. The van der Waals surface area contributed by atoms with E-state index in [1.54, 1.807) is 0 Å². The van der Waals surface area contributed by atoms with Crippen LogP contribution in [0.2, 0.25) is 10.0 Å². The number of hydrogen-bond acceptors (Lipinski definition) is 6. The van der Waals surface area contributed by atoms with Crippen molar-refractivity contribution in [3.8, 4) is 22.9 Å². The van der Waals surface area contributed by atoms with E-state index in [1.807, 2.05) is 0 Å². The highest BCUT2D eigenvalue weighted by molar-refractivity contribution is 6.32. The molecule has 0 unspecified atom stereocenters. The Labute approximate surface area is 267 Å². The van der Waals surface area contributed by atoms with Crippen LogP contribution in [0.25, 0.3) is 11.4 Å². The lowest BCUT2D eigenvalue weighted by Crippen LogP contribution is -2.27. The van der Waals surface area contributed by atoms with E-state index >= 15 is 0 Å². The van der Waals surface area contributed by atoms with Crippen LogP contribution < -0.4 is 15.9 Å². The molecule has 0 aliphatic carbocycles. The number of nitrogens with zero attached hydrogens (tertiary/aromatic N) is 4. The lowest BCUT2D eigenvalue weighted by Gasteiger charge is -2.14. The van der Waals surface area contributed by atoms with E-state index < -0.39 is 74.5 Å². The van der Waals surface area contributed by atoms with Gasteiger partial charge in [0.1, 0.15) is 29.5 Å². The number of aromatic nitrogens is 4. The molecule has 0 spiro atoms. The van der Waals surface area contributed by atoms with Gasteiger partial charge in [0.05, 0.1) is 33.6 Å². The molecule has 0 atom stereocenters. The predicted octanol–water partition coefficient (Wildman–Crippen LogP) is 7.54. The van der Waals surface area contributed by atoms with Crippen LogP contribution in [0.5, 0.6) is 11.5 Å². The molecule has 0 saturated heterocycles. The van der Waals surface area contributed by atoms with Crippen LogP contribution in [0, 0.1) is 25.5 Å². The molecule has 4 aromatic rings. The van der Waals surface area contributed by atoms with E-state index in [-0.39, 0.29) is 27.4 Å². The number of benzene rings is 2. The van der Waals surface area contributed by atoms with Gasteiger partial charge in [-0.1, -0.05) is 41.4 Å². The van der Waals surface area contributed by atoms with Gasteiger partial charge in [0.15, 0.2) is 11.6 Å². The van der Waals surface area contributed by atoms with E-state index in [0.717, 1.165) is 38.1 Å². The highest BCUT2D eigenvalue weighted by Crippen LogP contribution is 2.33. The minimum atomic E-state index is -4.75. The smallest absolute Gasteiger partial charge is 0.418 e. The van der Waals surface area contributed by atoms with Gasteiger partial charge in [-0.3, -0.25) is 9.59 Å². The summed E-state index contributed by atoms with van der Waals surface area (Å²) in [7, 11) is 0. The monoisotopic (exact) mass is 718 g/mol. The molecular weight excluding hydrogens is 703 g/mol. The van der Waals surface area contributed by atoms with Gasteiger partial charge in [0.25, 0.3) is 11.1 Å². The minimum Gasteiger partial charge on any atom is -0.506 e. The average Bonchev–Trinajstić information content (AvgIpc) is 2.92. The first-order chi connectivity index (χ1) is 21.1. The molecule has 0 aliphatic rings. The van der Waals surface area contributed by atoms with Crippen LogP contribution in [-0.4, -0.2) is 31.3 Å². The maximum Gasteiger partial charge on any atom is 0.418 e. The molecule has 0 radical (unpaired) electrons. The van der Waals surface area contributed by atoms with Crippen molar-refractivity contribution in [2.24, 2.45) is 0 Å². The van der Waals surface area contributed by atoms with Gasteiger partial charge in [-0.15, -0.1) is 0 Å². The zero-order valence-corrected chi connectivity index (χ0v) is 25.3. The summed E-state index contributed by atoms with van der Waals surface area (Å²) in [5.74, 6) is -2.53. The SMILES string of the molecule is C=C(Cl)COc1cc(-n2ncc(C(F)(F)F)c(C)c2=O)c(F)cc1Cl.Cc1c(C(F)(F)F)cnn(-c2cc(O)c(Cl)cc2F)c1=O. The van der Waals surface area contributed by atoms with Gasteiger partial charge in [0.2, 0.25) is 0 Å². The lowest BCUT2D eigenvalue weighted by molar-refractivity contribution is -0.139. The Balaban J connectivity index is 0.000000254. The van der Waals surface area contributed by atoms with Crippen molar-refractivity contribution >= 4 is 34.8 Å². The average molecular weight is 720 g/mol. The summed E-state index contributed by atoms with van der Waals surface area (Å²) in [5, 5.41) is 15.8. The number of phenolic OH excluding ortho intramolecular Hbond substituents is 1. The van der Waals surface area contributed by atoms with Crippen LogP contribution in [0.4, 0.5) is 35.1 Å². The molecule has 2 aromatic heterocycles. The number of hydrogen-bond donors (Lipinski definition) is 1. The van der Waals surface area contributed by atoms with Crippen LogP contribution in [-0.2, 0) is 12.4 Å². The number of aromatic hydroxyl groups is 1. The van der Waals surface area contributed by atoms with Crippen LogP contribution in [0.1, 0.15) is 22.3 Å².